The van der Waals surface area contributed by atoms with Crippen molar-refractivity contribution < 1.29 is 14.4 Å². The summed E-state index contributed by atoms with van der Waals surface area (Å²) < 4.78 is 0. The maximum Gasteiger partial charge on any atom is 0.321 e. The lowest BCUT2D eigenvalue weighted by atomic mass is 10.1. The van der Waals surface area contributed by atoms with Crippen LogP contribution in [0.3, 0.4) is 0 Å². The Morgan fingerprint density at radius 1 is 1.08 bits per heavy atom. The van der Waals surface area contributed by atoms with Gasteiger partial charge in [0, 0.05) is 24.7 Å². The Labute approximate surface area is 142 Å². The van der Waals surface area contributed by atoms with E-state index in [2.05, 4.69) is 16.0 Å². The number of hydrogen-bond acceptors (Lipinski definition) is 4. The molecular weight excluding hydrogens is 308 g/mol. The Balaban J connectivity index is 2.48. The van der Waals surface area contributed by atoms with Gasteiger partial charge in [0.15, 0.2) is 0 Å². The topological polar surface area (TPSA) is 90.5 Å². The van der Waals surface area contributed by atoms with Crippen LogP contribution in [-0.4, -0.2) is 48.9 Å². The maximum absolute atomic E-state index is 11.9. The van der Waals surface area contributed by atoms with Gasteiger partial charge in [-0.25, -0.2) is 4.79 Å². The summed E-state index contributed by atoms with van der Waals surface area (Å²) in [6.07, 6.45) is 0. The first kappa shape index (κ1) is 19.6. The van der Waals surface area contributed by atoms with E-state index in [1.54, 1.807) is 31.1 Å². The van der Waals surface area contributed by atoms with E-state index in [1.807, 2.05) is 32.9 Å². The van der Waals surface area contributed by atoms with Crippen molar-refractivity contribution in [2.24, 2.45) is 0 Å². The van der Waals surface area contributed by atoms with Gasteiger partial charge in [-0.1, -0.05) is 12.1 Å². The summed E-state index contributed by atoms with van der Waals surface area (Å²) in [5.41, 5.74) is 1.15. The molecule has 0 aliphatic rings. The van der Waals surface area contributed by atoms with Crippen LogP contribution in [0.2, 0.25) is 0 Å². The lowest BCUT2D eigenvalue weighted by Crippen LogP contribution is -2.50. The van der Waals surface area contributed by atoms with Gasteiger partial charge in [0.25, 0.3) is 5.91 Å². The fraction of sp³-hybridized carbons (Fsp3) is 0.471. The van der Waals surface area contributed by atoms with Crippen molar-refractivity contribution in [1.29, 1.82) is 0 Å². The van der Waals surface area contributed by atoms with Crippen molar-refractivity contribution in [3.63, 3.8) is 0 Å². The molecule has 0 aromatic heterocycles. The highest BCUT2D eigenvalue weighted by atomic mass is 16.2. The molecular formula is C17H26N4O3. The van der Waals surface area contributed by atoms with E-state index in [4.69, 9.17) is 0 Å². The third-order valence-corrected chi connectivity index (χ3v) is 3.05. The second-order valence-corrected chi connectivity index (χ2v) is 6.70. The predicted molar refractivity (Wildman–Crippen MR) is 92.6 cm³/mol. The smallest absolute Gasteiger partial charge is 0.321 e. The summed E-state index contributed by atoms with van der Waals surface area (Å²) >= 11 is 0. The SMILES string of the molecule is CNC(=O)c1ccc(CN(C)CC(=O)NC(=O)NC(C)(C)C)cc1. The molecule has 0 aliphatic carbocycles. The number of urea groups is 1. The zero-order valence-electron chi connectivity index (χ0n) is 14.9. The van der Waals surface area contributed by atoms with E-state index < -0.39 is 11.6 Å². The number of nitrogens with one attached hydrogen (secondary N) is 3. The van der Waals surface area contributed by atoms with Gasteiger partial charge in [-0.05, 0) is 45.5 Å². The van der Waals surface area contributed by atoms with Gasteiger partial charge in [-0.15, -0.1) is 0 Å². The quantitative estimate of drug-likeness (QED) is 0.752. The fourth-order valence-electron chi connectivity index (χ4n) is 2.06. The van der Waals surface area contributed by atoms with Crippen LogP contribution < -0.4 is 16.0 Å². The van der Waals surface area contributed by atoms with E-state index in [0.29, 0.717) is 12.1 Å². The van der Waals surface area contributed by atoms with Crippen LogP contribution in [0.25, 0.3) is 0 Å². The third-order valence-electron chi connectivity index (χ3n) is 3.05. The van der Waals surface area contributed by atoms with Gasteiger partial charge in [0.05, 0.1) is 6.54 Å². The van der Waals surface area contributed by atoms with Crippen LogP contribution in [0.1, 0.15) is 36.7 Å². The number of imide groups is 1. The molecule has 0 heterocycles. The molecule has 3 N–H and O–H groups in total. The Kier molecular flexibility index (Phi) is 6.91. The molecule has 132 valence electrons. The van der Waals surface area contributed by atoms with Gasteiger partial charge in [-0.2, -0.15) is 0 Å². The molecule has 0 bridgehead atoms. The Hall–Kier alpha value is -2.41. The molecule has 4 amide bonds. The number of rotatable bonds is 5. The fourth-order valence-corrected chi connectivity index (χ4v) is 2.06. The van der Waals surface area contributed by atoms with E-state index in [1.165, 1.54) is 0 Å². The van der Waals surface area contributed by atoms with Crippen LogP contribution in [-0.2, 0) is 11.3 Å². The molecule has 24 heavy (non-hydrogen) atoms. The van der Waals surface area contributed by atoms with Crippen molar-refractivity contribution in [1.82, 2.24) is 20.9 Å². The van der Waals surface area contributed by atoms with Crippen LogP contribution in [0.5, 0.6) is 0 Å². The van der Waals surface area contributed by atoms with Gasteiger partial charge in [0.2, 0.25) is 5.91 Å². The lowest BCUT2D eigenvalue weighted by Gasteiger charge is -2.21. The summed E-state index contributed by atoms with van der Waals surface area (Å²) in [4.78, 5) is 36.8. The maximum atomic E-state index is 11.9. The van der Waals surface area contributed by atoms with Gasteiger partial charge >= 0.3 is 6.03 Å². The monoisotopic (exact) mass is 334 g/mol. The van der Waals surface area contributed by atoms with E-state index in [-0.39, 0.29) is 18.4 Å². The number of carbonyl (C=O) groups excluding carboxylic acids is 3. The molecule has 0 fully saturated rings. The van der Waals surface area contributed by atoms with E-state index >= 15 is 0 Å². The van der Waals surface area contributed by atoms with Crippen LogP contribution >= 0.6 is 0 Å². The van der Waals surface area contributed by atoms with E-state index in [9.17, 15) is 14.4 Å². The molecule has 0 spiro atoms. The molecule has 0 saturated heterocycles. The summed E-state index contributed by atoms with van der Waals surface area (Å²) in [6.45, 7) is 6.14. The zero-order valence-corrected chi connectivity index (χ0v) is 14.9. The highest BCUT2D eigenvalue weighted by Gasteiger charge is 2.16. The van der Waals surface area contributed by atoms with Crippen LogP contribution in [0.15, 0.2) is 24.3 Å². The average Bonchev–Trinajstić information content (AvgIpc) is 2.44. The number of amides is 4. The number of nitrogens with zero attached hydrogens (tertiary/aromatic N) is 1. The number of likely N-dealkylation sites (N-methyl/N-ethyl adjacent to an activating group) is 1. The highest BCUT2D eigenvalue weighted by Crippen LogP contribution is 2.06. The first-order valence-electron chi connectivity index (χ1n) is 7.72. The first-order chi connectivity index (χ1) is 11.1. The van der Waals surface area contributed by atoms with E-state index in [0.717, 1.165) is 5.56 Å². The standard InChI is InChI=1S/C17H26N4O3/c1-17(2,3)20-16(24)19-14(22)11-21(5)10-12-6-8-13(9-7-12)15(23)18-4/h6-9H,10-11H2,1-5H3,(H,18,23)(H2,19,20,22,24). The first-order valence-corrected chi connectivity index (χ1v) is 7.72. The molecule has 1 aromatic carbocycles. The molecule has 0 unspecified atom stereocenters. The molecule has 0 saturated carbocycles. The van der Waals surface area contributed by atoms with Gasteiger partial charge in [-0.3, -0.25) is 19.8 Å². The second kappa shape index (κ2) is 8.44. The zero-order chi connectivity index (χ0) is 18.3. The van der Waals surface area contributed by atoms with Crippen molar-refractivity contribution >= 4 is 17.8 Å². The average molecular weight is 334 g/mol. The molecule has 1 rings (SSSR count). The van der Waals surface area contributed by atoms with Crippen molar-refractivity contribution in [3.8, 4) is 0 Å². The minimum Gasteiger partial charge on any atom is -0.355 e. The minimum atomic E-state index is -0.504. The summed E-state index contributed by atoms with van der Waals surface area (Å²) in [6, 6.07) is 6.64. The predicted octanol–water partition coefficient (Wildman–Crippen LogP) is 1.10. The third kappa shape index (κ3) is 7.23. The van der Waals surface area contributed by atoms with Crippen LogP contribution in [0, 0.1) is 0 Å². The molecule has 0 atom stereocenters. The summed E-state index contributed by atoms with van der Waals surface area (Å²) in [7, 11) is 3.37. The summed E-state index contributed by atoms with van der Waals surface area (Å²) in [5.74, 6) is -0.514. The van der Waals surface area contributed by atoms with Gasteiger partial charge < -0.3 is 10.6 Å². The minimum absolute atomic E-state index is 0.0920. The van der Waals surface area contributed by atoms with Gasteiger partial charge in [0.1, 0.15) is 0 Å². The summed E-state index contributed by atoms with van der Waals surface area (Å²) in [5, 5.41) is 7.53. The Morgan fingerprint density at radius 2 is 1.67 bits per heavy atom. The lowest BCUT2D eigenvalue weighted by molar-refractivity contribution is -0.121. The molecule has 7 heteroatoms. The Bertz CT molecular complexity index is 591. The normalized spacial score (nSPS) is 11.1. The number of carbonyl (C=O) groups is 3. The highest BCUT2D eigenvalue weighted by molar-refractivity contribution is 5.95. The number of hydrogen-bond donors (Lipinski definition) is 3. The van der Waals surface area contributed by atoms with Crippen LogP contribution in [0.4, 0.5) is 4.79 Å². The molecule has 0 aliphatic heterocycles. The largest absolute Gasteiger partial charge is 0.355 e. The second-order valence-electron chi connectivity index (χ2n) is 6.70. The molecule has 0 radical (unpaired) electrons. The molecule has 1 aromatic rings. The van der Waals surface area contributed by atoms with Crippen molar-refractivity contribution in [3.05, 3.63) is 35.4 Å². The number of benzene rings is 1. The molecule has 7 nitrogen and oxygen atoms in total. The van der Waals surface area contributed by atoms with Crippen molar-refractivity contribution in [2.75, 3.05) is 20.6 Å². The Morgan fingerprint density at radius 3 is 2.17 bits per heavy atom. The van der Waals surface area contributed by atoms with Crippen molar-refractivity contribution in [2.45, 2.75) is 32.9 Å².